The van der Waals surface area contributed by atoms with E-state index in [1.54, 1.807) is 9.80 Å². The van der Waals surface area contributed by atoms with Crippen molar-refractivity contribution in [1.82, 2.24) is 0 Å². The molecule has 0 radical (unpaired) electrons. The van der Waals surface area contributed by atoms with E-state index in [1.807, 2.05) is 107 Å². The highest BCUT2D eigenvalue weighted by atomic mass is 16.2. The molecule has 0 bridgehead atoms. The number of hydrogen-bond acceptors (Lipinski definition) is 2. The van der Waals surface area contributed by atoms with Gasteiger partial charge in [0.05, 0.1) is 0 Å². The second-order valence-corrected chi connectivity index (χ2v) is 8.93. The molecule has 1 aliphatic rings. The van der Waals surface area contributed by atoms with Crippen LogP contribution in [0.15, 0.2) is 72.3 Å². The summed E-state index contributed by atoms with van der Waals surface area (Å²) in [6, 6.07) is 21.0. The van der Waals surface area contributed by atoms with Crippen LogP contribution < -0.4 is 9.80 Å². The number of nitrogens with zero attached hydrogens (tertiary/aromatic N) is 2. The van der Waals surface area contributed by atoms with Crippen molar-refractivity contribution >= 4 is 29.3 Å². The molecule has 0 aliphatic carbocycles. The smallest absolute Gasteiger partial charge is 0.254 e. The Bertz CT molecular complexity index is 1240. The van der Waals surface area contributed by atoms with Crippen molar-refractivity contribution in [3.63, 3.8) is 0 Å². The maximum atomic E-state index is 13.9. The van der Waals surface area contributed by atoms with Gasteiger partial charge in [-0.05, 0) is 92.3 Å². The van der Waals surface area contributed by atoms with E-state index in [0.29, 0.717) is 0 Å². The molecule has 0 unspecified atom stereocenters. The van der Waals surface area contributed by atoms with Crippen molar-refractivity contribution in [2.45, 2.75) is 40.7 Å². The second kappa shape index (κ2) is 9.07. The van der Waals surface area contributed by atoms with Crippen LogP contribution in [0.5, 0.6) is 0 Å². The summed E-state index contributed by atoms with van der Waals surface area (Å²) in [5.41, 5.74) is 7.83. The van der Waals surface area contributed by atoms with Crippen LogP contribution in [0.25, 0.3) is 6.08 Å². The summed E-state index contributed by atoms with van der Waals surface area (Å²) >= 11 is 0. The average molecular weight is 439 g/mol. The van der Waals surface area contributed by atoms with Gasteiger partial charge in [0.15, 0.2) is 0 Å². The first kappa shape index (κ1) is 22.5. The van der Waals surface area contributed by atoms with Gasteiger partial charge in [-0.3, -0.25) is 14.5 Å². The van der Waals surface area contributed by atoms with Crippen molar-refractivity contribution in [1.29, 1.82) is 0 Å². The van der Waals surface area contributed by atoms with Gasteiger partial charge in [0.2, 0.25) is 5.91 Å². The third kappa shape index (κ3) is 4.47. The molecule has 0 aromatic heterocycles. The zero-order valence-electron chi connectivity index (χ0n) is 19.9. The molecule has 33 heavy (non-hydrogen) atoms. The molecule has 168 valence electrons. The number of carbonyl (C=O) groups excluding carboxylic acids is 2. The Labute approximate surface area is 196 Å². The Morgan fingerprint density at radius 3 is 1.97 bits per heavy atom. The first-order chi connectivity index (χ1) is 15.8. The van der Waals surface area contributed by atoms with E-state index in [9.17, 15) is 9.59 Å². The van der Waals surface area contributed by atoms with Crippen LogP contribution >= 0.6 is 0 Å². The SMILES string of the molecule is C/C(=C\c1ccccc1)[C@@H]1C(=O)N(c2ccc(C)c(C)c2)CC(=O)N1c1ccc(C)c(C)c1. The Balaban J connectivity index is 1.82. The van der Waals surface area contributed by atoms with Gasteiger partial charge in [-0.15, -0.1) is 0 Å². The number of amides is 2. The highest BCUT2D eigenvalue weighted by molar-refractivity contribution is 6.16. The lowest BCUT2D eigenvalue weighted by Gasteiger charge is -2.41. The zero-order valence-corrected chi connectivity index (χ0v) is 19.9. The van der Waals surface area contributed by atoms with Crippen LogP contribution in [0.2, 0.25) is 0 Å². The van der Waals surface area contributed by atoms with Crippen molar-refractivity contribution in [2.24, 2.45) is 0 Å². The summed E-state index contributed by atoms with van der Waals surface area (Å²) < 4.78 is 0. The van der Waals surface area contributed by atoms with E-state index in [0.717, 1.165) is 44.8 Å². The van der Waals surface area contributed by atoms with Gasteiger partial charge in [-0.1, -0.05) is 48.5 Å². The molecule has 4 heteroatoms. The van der Waals surface area contributed by atoms with Crippen LogP contribution in [-0.2, 0) is 9.59 Å². The Kier molecular flexibility index (Phi) is 6.19. The van der Waals surface area contributed by atoms with E-state index in [4.69, 9.17) is 0 Å². The van der Waals surface area contributed by atoms with Crippen LogP contribution in [0.4, 0.5) is 11.4 Å². The molecule has 1 saturated heterocycles. The summed E-state index contributed by atoms with van der Waals surface area (Å²) in [6.45, 7) is 10.1. The summed E-state index contributed by atoms with van der Waals surface area (Å²) in [5.74, 6) is -0.192. The minimum Gasteiger partial charge on any atom is -0.301 e. The van der Waals surface area contributed by atoms with Gasteiger partial charge in [-0.2, -0.15) is 0 Å². The molecule has 4 nitrogen and oxygen atoms in total. The van der Waals surface area contributed by atoms with E-state index < -0.39 is 6.04 Å². The van der Waals surface area contributed by atoms with Crippen molar-refractivity contribution in [3.05, 3.63) is 100 Å². The van der Waals surface area contributed by atoms with Gasteiger partial charge < -0.3 is 4.90 Å². The minimum atomic E-state index is -0.713. The summed E-state index contributed by atoms with van der Waals surface area (Å²) in [6.07, 6.45) is 1.99. The normalized spacial score (nSPS) is 17.0. The van der Waals surface area contributed by atoms with E-state index in [1.165, 1.54) is 0 Å². The number of carbonyl (C=O) groups is 2. The predicted molar refractivity (Wildman–Crippen MR) is 136 cm³/mol. The molecule has 2 amide bonds. The van der Waals surface area contributed by atoms with Crippen molar-refractivity contribution in [3.8, 4) is 0 Å². The zero-order chi connectivity index (χ0) is 23.7. The lowest BCUT2D eigenvalue weighted by Crippen LogP contribution is -2.61. The predicted octanol–water partition coefficient (Wildman–Crippen LogP) is 5.77. The number of anilines is 2. The summed E-state index contributed by atoms with van der Waals surface area (Å²) in [5, 5.41) is 0. The molecule has 1 heterocycles. The minimum absolute atomic E-state index is 0.0172. The summed E-state index contributed by atoms with van der Waals surface area (Å²) in [7, 11) is 0. The molecule has 3 aromatic carbocycles. The van der Waals surface area contributed by atoms with Crippen LogP contribution in [0.3, 0.4) is 0 Å². The summed E-state index contributed by atoms with van der Waals surface area (Å²) in [4.78, 5) is 30.8. The molecule has 0 saturated carbocycles. The fourth-order valence-electron chi connectivity index (χ4n) is 4.26. The first-order valence-electron chi connectivity index (χ1n) is 11.3. The fraction of sp³-hybridized carbons (Fsp3) is 0.241. The molecule has 3 aromatic rings. The van der Waals surface area contributed by atoms with E-state index >= 15 is 0 Å². The topological polar surface area (TPSA) is 40.6 Å². The lowest BCUT2D eigenvalue weighted by atomic mass is 9.97. The maximum Gasteiger partial charge on any atom is 0.254 e. The van der Waals surface area contributed by atoms with Crippen LogP contribution in [0, 0.1) is 27.7 Å². The quantitative estimate of drug-likeness (QED) is 0.519. The van der Waals surface area contributed by atoms with Crippen molar-refractivity contribution in [2.75, 3.05) is 16.3 Å². The Morgan fingerprint density at radius 2 is 1.36 bits per heavy atom. The highest BCUT2D eigenvalue weighted by Crippen LogP contribution is 2.31. The Morgan fingerprint density at radius 1 is 0.788 bits per heavy atom. The van der Waals surface area contributed by atoms with E-state index in [2.05, 4.69) is 0 Å². The molecule has 1 aliphatic heterocycles. The number of aryl methyl sites for hydroxylation is 4. The highest BCUT2D eigenvalue weighted by Gasteiger charge is 2.41. The Hall–Kier alpha value is -3.66. The maximum absolute atomic E-state index is 13.9. The number of hydrogen-bond donors (Lipinski definition) is 0. The monoisotopic (exact) mass is 438 g/mol. The van der Waals surface area contributed by atoms with Crippen LogP contribution in [0.1, 0.15) is 34.7 Å². The number of rotatable bonds is 4. The number of benzene rings is 3. The third-order valence-electron chi connectivity index (χ3n) is 6.52. The average Bonchev–Trinajstić information content (AvgIpc) is 2.79. The first-order valence-corrected chi connectivity index (χ1v) is 11.3. The largest absolute Gasteiger partial charge is 0.301 e. The van der Waals surface area contributed by atoms with Crippen LogP contribution in [-0.4, -0.2) is 24.4 Å². The lowest BCUT2D eigenvalue weighted by molar-refractivity contribution is -0.127. The van der Waals surface area contributed by atoms with Gasteiger partial charge in [-0.25, -0.2) is 0 Å². The van der Waals surface area contributed by atoms with Gasteiger partial charge in [0.25, 0.3) is 5.91 Å². The second-order valence-electron chi connectivity index (χ2n) is 8.93. The molecule has 0 spiro atoms. The molecule has 1 fully saturated rings. The molecule has 4 rings (SSSR count). The van der Waals surface area contributed by atoms with Gasteiger partial charge in [0, 0.05) is 11.4 Å². The van der Waals surface area contributed by atoms with Crippen molar-refractivity contribution < 1.29 is 9.59 Å². The molecular weight excluding hydrogens is 408 g/mol. The molecule has 0 N–H and O–H groups in total. The van der Waals surface area contributed by atoms with Gasteiger partial charge >= 0.3 is 0 Å². The standard InChI is InChI=1S/C29H30N2O2/c1-19-11-13-25(16-21(19)3)30-18-27(32)31(26-14-12-20(2)22(4)17-26)28(29(30)33)23(5)15-24-9-7-6-8-10-24/h6-17,28H,18H2,1-5H3/b23-15+/t28-/m1/s1. The molecular formula is C29H30N2O2. The van der Waals surface area contributed by atoms with Gasteiger partial charge in [0.1, 0.15) is 12.6 Å². The van der Waals surface area contributed by atoms with E-state index in [-0.39, 0.29) is 18.4 Å². The molecule has 1 atom stereocenters. The third-order valence-corrected chi connectivity index (χ3v) is 6.52. The number of piperazine rings is 1. The fourth-order valence-corrected chi connectivity index (χ4v) is 4.26.